The maximum absolute atomic E-state index is 6.34. The van der Waals surface area contributed by atoms with Crippen molar-refractivity contribution >= 4 is 26.7 Å². The SMILES string of the molecule is NC1(c2ccc3c(Br)cccc3c2)CCC1. The van der Waals surface area contributed by atoms with E-state index in [1.807, 2.05) is 0 Å². The normalized spacial score (nSPS) is 18.4. The van der Waals surface area contributed by atoms with Gasteiger partial charge in [-0.25, -0.2) is 0 Å². The molecule has 0 unspecified atom stereocenters. The van der Waals surface area contributed by atoms with Gasteiger partial charge in [0, 0.05) is 10.0 Å². The van der Waals surface area contributed by atoms with Crippen molar-refractivity contribution in [2.24, 2.45) is 5.73 Å². The molecular weight excluding hydrogens is 262 g/mol. The zero-order chi connectivity index (χ0) is 11.2. The number of rotatable bonds is 1. The van der Waals surface area contributed by atoms with Crippen LogP contribution in [0.3, 0.4) is 0 Å². The summed E-state index contributed by atoms with van der Waals surface area (Å²) in [6.45, 7) is 0. The minimum Gasteiger partial charge on any atom is -0.321 e. The average Bonchev–Trinajstić information content (AvgIpc) is 2.26. The molecule has 1 nitrogen and oxygen atoms in total. The predicted octanol–water partition coefficient (Wildman–Crippen LogP) is 3.94. The fourth-order valence-corrected chi connectivity index (χ4v) is 2.91. The smallest absolute Gasteiger partial charge is 0.0409 e. The lowest BCUT2D eigenvalue weighted by Gasteiger charge is -2.38. The lowest BCUT2D eigenvalue weighted by Crippen LogP contribution is -2.43. The molecule has 16 heavy (non-hydrogen) atoms. The molecule has 0 aliphatic heterocycles. The molecule has 82 valence electrons. The minimum absolute atomic E-state index is 0.0590. The van der Waals surface area contributed by atoms with Gasteiger partial charge in [0.1, 0.15) is 0 Å². The van der Waals surface area contributed by atoms with Crippen molar-refractivity contribution in [1.82, 2.24) is 0 Å². The van der Waals surface area contributed by atoms with Gasteiger partial charge in [-0.3, -0.25) is 0 Å². The molecule has 2 aromatic rings. The van der Waals surface area contributed by atoms with Crippen molar-refractivity contribution in [3.63, 3.8) is 0 Å². The van der Waals surface area contributed by atoms with Gasteiger partial charge in [0.15, 0.2) is 0 Å². The first-order valence-electron chi connectivity index (χ1n) is 5.67. The third-order valence-electron chi connectivity index (χ3n) is 3.65. The summed E-state index contributed by atoms with van der Waals surface area (Å²) in [6.07, 6.45) is 3.49. The van der Waals surface area contributed by atoms with Crippen LogP contribution in [0.1, 0.15) is 24.8 Å². The van der Waals surface area contributed by atoms with E-state index in [-0.39, 0.29) is 5.54 Å². The van der Waals surface area contributed by atoms with Crippen LogP contribution in [0.15, 0.2) is 40.9 Å². The molecule has 1 aliphatic carbocycles. The summed E-state index contributed by atoms with van der Waals surface area (Å²) < 4.78 is 1.15. The maximum Gasteiger partial charge on any atom is 0.0409 e. The highest BCUT2D eigenvalue weighted by Crippen LogP contribution is 2.40. The third-order valence-corrected chi connectivity index (χ3v) is 4.34. The number of hydrogen-bond donors (Lipinski definition) is 1. The molecule has 0 saturated heterocycles. The molecule has 0 heterocycles. The number of nitrogens with two attached hydrogens (primary N) is 1. The van der Waals surface area contributed by atoms with Crippen LogP contribution in [0.5, 0.6) is 0 Å². The van der Waals surface area contributed by atoms with Crippen LogP contribution >= 0.6 is 15.9 Å². The van der Waals surface area contributed by atoms with Gasteiger partial charge < -0.3 is 5.73 Å². The van der Waals surface area contributed by atoms with Crippen LogP contribution in [0.2, 0.25) is 0 Å². The quantitative estimate of drug-likeness (QED) is 0.838. The van der Waals surface area contributed by atoms with E-state index in [0.717, 1.165) is 17.3 Å². The second kappa shape index (κ2) is 3.57. The van der Waals surface area contributed by atoms with E-state index in [9.17, 15) is 0 Å². The number of halogens is 1. The minimum atomic E-state index is -0.0590. The van der Waals surface area contributed by atoms with Gasteiger partial charge in [0.05, 0.1) is 0 Å². The van der Waals surface area contributed by atoms with Gasteiger partial charge >= 0.3 is 0 Å². The summed E-state index contributed by atoms with van der Waals surface area (Å²) in [5, 5.41) is 2.53. The Hall–Kier alpha value is -0.860. The van der Waals surface area contributed by atoms with Crippen LogP contribution in [0.4, 0.5) is 0 Å². The first kappa shape index (κ1) is 10.3. The summed E-state index contributed by atoms with van der Waals surface area (Å²) in [4.78, 5) is 0. The topological polar surface area (TPSA) is 26.0 Å². The molecule has 0 aromatic heterocycles. The molecule has 3 rings (SSSR count). The van der Waals surface area contributed by atoms with E-state index in [4.69, 9.17) is 5.73 Å². The molecule has 0 spiro atoms. The third kappa shape index (κ3) is 1.48. The Morgan fingerprint density at radius 1 is 1.12 bits per heavy atom. The summed E-state index contributed by atoms with van der Waals surface area (Å²) in [6, 6.07) is 12.9. The Bertz CT molecular complexity index is 543. The molecule has 2 N–H and O–H groups in total. The van der Waals surface area contributed by atoms with Crippen LogP contribution < -0.4 is 5.73 Å². The van der Waals surface area contributed by atoms with Crippen LogP contribution in [-0.2, 0) is 5.54 Å². The van der Waals surface area contributed by atoms with E-state index in [1.54, 1.807) is 0 Å². The van der Waals surface area contributed by atoms with Gasteiger partial charge in [-0.2, -0.15) is 0 Å². The van der Waals surface area contributed by atoms with E-state index >= 15 is 0 Å². The molecule has 1 fully saturated rings. The van der Waals surface area contributed by atoms with Crippen LogP contribution in [0.25, 0.3) is 10.8 Å². The Balaban J connectivity index is 2.16. The highest BCUT2D eigenvalue weighted by molar-refractivity contribution is 9.10. The molecular formula is C14H14BrN. The van der Waals surface area contributed by atoms with Crippen LogP contribution in [-0.4, -0.2) is 0 Å². The van der Waals surface area contributed by atoms with Gasteiger partial charge in [-0.1, -0.05) is 40.2 Å². The van der Waals surface area contributed by atoms with Crippen molar-refractivity contribution < 1.29 is 0 Å². The molecule has 2 aromatic carbocycles. The first-order valence-corrected chi connectivity index (χ1v) is 6.46. The molecule has 1 aliphatic rings. The summed E-state index contributed by atoms with van der Waals surface area (Å²) in [7, 11) is 0. The highest BCUT2D eigenvalue weighted by Gasteiger charge is 2.34. The molecule has 0 radical (unpaired) electrons. The van der Waals surface area contributed by atoms with Gasteiger partial charge in [-0.05, 0) is 47.7 Å². The largest absolute Gasteiger partial charge is 0.321 e. The lowest BCUT2D eigenvalue weighted by molar-refractivity contribution is 0.254. The van der Waals surface area contributed by atoms with Crippen molar-refractivity contribution in [1.29, 1.82) is 0 Å². The van der Waals surface area contributed by atoms with Crippen molar-refractivity contribution in [2.45, 2.75) is 24.8 Å². The van der Waals surface area contributed by atoms with Crippen molar-refractivity contribution in [3.8, 4) is 0 Å². The maximum atomic E-state index is 6.34. The Kier molecular flexibility index (Phi) is 2.30. The number of benzene rings is 2. The second-order valence-electron chi connectivity index (χ2n) is 4.69. The summed E-state index contributed by atoms with van der Waals surface area (Å²) in [5.41, 5.74) is 7.56. The zero-order valence-corrected chi connectivity index (χ0v) is 10.6. The summed E-state index contributed by atoms with van der Waals surface area (Å²) >= 11 is 3.57. The van der Waals surface area contributed by atoms with E-state index in [2.05, 4.69) is 52.3 Å². The van der Waals surface area contributed by atoms with Gasteiger partial charge in [0.2, 0.25) is 0 Å². The number of hydrogen-bond acceptors (Lipinski definition) is 1. The fourth-order valence-electron chi connectivity index (χ4n) is 2.40. The molecule has 0 amide bonds. The van der Waals surface area contributed by atoms with Crippen LogP contribution in [0, 0.1) is 0 Å². The average molecular weight is 276 g/mol. The Morgan fingerprint density at radius 3 is 2.62 bits per heavy atom. The number of fused-ring (bicyclic) bond motifs is 1. The van der Waals surface area contributed by atoms with Crippen molar-refractivity contribution in [3.05, 3.63) is 46.4 Å². The monoisotopic (exact) mass is 275 g/mol. The molecule has 0 atom stereocenters. The Morgan fingerprint density at radius 2 is 1.94 bits per heavy atom. The highest BCUT2D eigenvalue weighted by atomic mass is 79.9. The second-order valence-corrected chi connectivity index (χ2v) is 5.54. The fraction of sp³-hybridized carbons (Fsp3) is 0.286. The predicted molar refractivity (Wildman–Crippen MR) is 71.4 cm³/mol. The lowest BCUT2D eigenvalue weighted by atomic mass is 9.72. The zero-order valence-electron chi connectivity index (χ0n) is 9.04. The van der Waals surface area contributed by atoms with Gasteiger partial charge in [-0.15, -0.1) is 0 Å². The van der Waals surface area contributed by atoms with E-state index in [0.29, 0.717) is 0 Å². The molecule has 0 bridgehead atoms. The first-order chi connectivity index (χ1) is 7.69. The Labute approximate surface area is 104 Å². The summed E-state index contributed by atoms with van der Waals surface area (Å²) in [5.74, 6) is 0. The van der Waals surface area contributed by atoms with Crippen molar-refractivity contribution in [2.75, 3.05) is 0 Å². The van der Waals surface area contributed by atoms with Gasteiger partial charge in [0.25, 0.3) is 0 Å². The molecule has 1 saturated carbocycles. The molecule has 2 heteroatoms. The van der Waals surface area contributed by atoms with E-state index < -0.39 is 0 Å². The standard InChI is InChI=1S/C14H14BrN/c15-13-4-1-3-10-9-11(5-6-12(10)13)14(16)7-2-8-14/h1,3-6,9H,2,7-8,16H2. The van der Waals surface area contributed by atoms with E-state index in [1.165, 1.54) is 22.8 Å².